The van der Waals surface area contributed by atoms with E-state index in [1.54, 1.807) is 44.4 Å². The van der Waals surface area contributed by atoms with Gasteiger partial charge in [-0.15, -0.1) is 0 Å². The van der Waals surface area contributed by atoms with Crippen molar-refractivity contribution in [2.45, 2.75) is 0 Å². The van der Waals surface area contributed by atoms with Crippen LogP contribution >= 0.6 is 15.9 Å². The normalized spacial score (nSPS) is 9.88. The Labute approximate surface area is 110 Å². The molecule has 0 atom stereocenters. The standard InChI is InChI=1S/C12H16BrNO3/c1-14(7-6-13)12(15)10-8-9(16-2)4-5-11(10)17-3/h4-5,8H,6-7H2,1-3H3. The molecule has 0 unspecified atom stereocenters. The number of carbonyl (C=O) groups excluding carboxylic acids is 1. The number of alkyl halides is 1. The van der Waals surface area contributed by atoms with Crippen molar-refractivity contribution in [1.82, 2.24) is 4.90 Å². The SMILES string of the molecule is COc1ccc(OC)c(C(=O)N(C)CCBr)c1. The fourth-order valence-corrected chi connectivity index (χ4v) is 1.95. The van der Waals surface area contributed by atoms with Gasteiger partial charge in [0.25, 0.3) is 5.91 Å². The Morgan fingerprint density at radius 1 is 1.35 bits per heavy atom. The third-order valence-electron chi connectivity index (χ3n) is 2.40. The maximum Gasteiger partial charge on any atom is 0.257 e. The molecule has 0 aliphatic heterocycles. The second kappa shape index (κ2) is 6.49. The molecule has 0 aliphatic rings. The van der Waals surface area contributed by atoms with Crippen molar-refractivity contribution in [3.63, 3.8) is 0 Å². The lowest BCUT2D eigenvalue weighted by molar-refractivity contribution is 0.0800. The van der Waals surface area contributed by atoms with Gasteiger partial charge in [0.1, 0.15) is 11.5 Å². The van der Waals surface area contributed by atoms with Gasteiger partial charge in [-0.05, 0) is 18.2 Å². The van der Waals surface area contributed by atoms with Crippen LogP contribution in [0.15, 0.2) is 18.2 Å². The molecule has 0 fully saturated rings. The van der Waals surface area contributed by atoms with Gasteiger partial charge in [-0.1, -0.05) is 15.9 Å². The van der Waals surface area contributed by atoms with Crippen LogP contribution < -0.4 is 9.47 Å². The van der Waals surface area contributed by atoms with Gasteiger partial charge in [-0.2, -0.15) is 0 Å². The Bertz CT molecular complexity index is 395. The van der Waals surface area contributed by atoms with E-state index in [4.69, 9.17) is 9.47 Å². The summed E-state index contributed by atoms with van der Waals surface area (Å²) in [6, 6.07) is 5.18. The van der Waals surface area contributed by atoms with Gasteiger partial charge in [-0.3, -0.25) is 4.79 Å². The largest absolute Gasteiger partial charge is 0.497 e. The van der Waals surface area contributed by atoms with Crippen LogP contribution in [-0.2, 0) is 0 Å². The van der Waals surface area contributed by atoms with E-state index in [-0.39, 0.29) is 5.91 Å². The van der Waals surface area contributed by atoms with Crippen LogP contribution in [0.25, 0.3) is 0 Å². The van der Waals surface area contributed by atoms with E-state index in [0.717, 1.165) is 5.33 Å². The first-order chi connectivity index (χ1) is 8.13. The molecule has 0 saturated heterocycles. The number of hydrogen-bond donors (Lipinski definition) is 0. The van der Waals surface area contributed by atoms with Crippen LogP contribution in [0.1, 0.15) is 10.4 Å². The minimum absolute atomic E-state index is 0.0831. The third-order valence-corrected chi connectivity index (χ3v) is 2.76. The lowest BCUT2D eigenvalue weighted by Gasteiger charge is -2.17. The first-order valence-electron chi connectivity index (χ1n) is 5.17. The number of carbonyl (C=O) groups is 1. The summed E-state index contributed by atoms with van der Waals surface area (Å²) in [5, 5.41) is 0.738. The molecule has 94 valence electrons. The Balaban J connectivity index is 3.05. The van der Waals surface area contributed by atoms with Crippen LogP contribution in [0.2, 0.25) is 0 Å². The molecule has 0 radical (unpaired) electrons. The van der Waals surface area contributed by atoms with Crippen molar-refractivity contribution < 1.29 is 14.3 Å². The highest BCUT2D eigenvalue weighted by Gasteiger charge is 2.17. The minimum Gasteiger partial charge on any atom is -0.497 e. The van der Waals surface area contributed by atoms with E-state index in [2.05, 4.69) is 15.9 Å². The molecule has 0 heterocycles. The summed E-state index contributed by atoms with van der Waals surface area (Å²) in [5.74, 6) is 1.11. The van der Waals surface area contributed by atoms with E-state index in [0.29, 0.717) is 23.6 Å². The molecule has 0 N–H and O–H groups in total. The van der Waals surface area contributed by atoms with Crippen LogP contribution in [0.5, 0.6) is 11.5 Å². The smallest absolute Gasteiger partial charge is 0.257 e. The van der Waals surface area contributed by atoms with Crippen molar-refractivity contribution in [3.8, 4) is 11.5 Å². The van der Waals surface area contributed by atoms with E-state index >= 15 is 0 Å². The van der Waals surface area contributed by atoms with E-state index in [9.17, 15) is 4.79 Å². The predicted octanol–water partition coefficient (Wildman–Crippen LogP) is 2.17. The number of benzene rings is 1. The Hall–Kier alpha value is -1.23. The molecule has 4 nitrogen and oxygen atoms in total. The highest BCUT2D eigenvalue weighted by molar-refractivity contribution is 9.09. The van der Waals surface area contributed by atoms with Crippen LogP contribution in [0, 0.1) is 0 Å². The Morgan fingerprint density at radius 2 is 2.06 bits per heavy atom. The molecule has 0 aliphatic carbocycles. The van der Waals surface area contributed by atoms with Gasteiger partial charge in [0.2, 0.25) is 0 Å². The van der Waals surface area contributed by atoms with E-state index in [1.807, 2.05) is 0 Å². The first-order valence-corrected chi connectivity index (χ1v) is 6.29. The number of amides is 1. The zero-order valence-corrected chi connectivity index (χ0v) is 11.8. The van der Waals surface area contributed by atoms with Crippen molar-refractivity contribution in [2.75, 3.05) is 33.1 Å². The maximum absolute atomic E-state index is 12.2. The summed E-state index contributed by atoms with van der Waals surface area (Å²) in [5.41, 5.74) is 0.510. The zero-order valence-electron chi connectivity index (χ0n) is 10.2. The fraction of sp³-hybridized carbons (Fsp3) is 0.417. The quantitative estimate of drug-likeness (QED) is 0.783. The molecular formula is C12H16BrNO3. The lowest BCUT2D eigenvalue weighted by Crippen LogP contribution is -2.28. The van der Waals surface area contributed by atoms with Gasteiger partial charge in [0, 0.05) is 18.9 Å². The van der Waals surface area contributed by atoms with Crippen LogP contribution in [0.3, 0.4) is 0 Å². The summed E-state index contributed by atoms with van der Waals surface area (Å²) >= 11 is 3.30. The average molecular weight is 302 g/mol. The minimum atomic E-state index is -0.0831. The zero-order chi connectivity index (χ0) is 12.8. The van der Waals surface area contributed by atoms with Gasteiger partial charge in [-0.25, -0.2) is 0 Å². The number of methoxy groups -OCH3 is 2. The molecule has 1 aromatic carbocycles. The van der Waals surface area contributed by atoms with E-state index < -0.39 is 0 Å². The van der Waals surface area contributed by atoms with Gasteiger partial charge < -0.3 is 14.4 Å². The van der Waals surface area contributed by atoms with Gasteiger partial charge in [0.15, 0.2) is 0 Å². The number of halogens is 1. The topological polar surface area (TPSA) is 38.8 Å². The molecule has 1 amide bonds. The highest BCUT2D eigenvalue weighted by Crippen LogP contribution is 2.24. The number of rotatable bonds is 5. The van der Waals surface area contributed by atoms with Crippen molar-refractivity contribution in [2.24, 2.45) is 0 Å². The van der Waals surface area contributed by atoms with Crippen LogP contribution in [0.4, 0.5) is 0 Å². The summed E-state index contributed by atoms with van der Waals surface area (Å²) in [7, 11) is 4.86. The predicted molar refractivity (Wildman–Crippen MR) is 70.3 cm³/mol. The van der Waals surface area contributed by atoms with Gasteiger partial charge >= 0.3 is 0 Å². The van der Waals surface area contributed by atoms with Crippen LogP contribution in [-0.4, -0.2) is 43.9 Å². The first kappa shape index (κ1) is 13.8. The molecular weight excluding hydrogens is 286 g/mol. The summed E-state index contributed by atoms with van der Waals surface area (Å²) in [6.45, 7) is 0.638. The van der Waals surface area contributed by atoms with Crippen molar-refractivity contribution in [1.29, 1.82) is 0 Å². The summed E-state index contributed by atoms with van der Waals surface area (Å²) in [6.07, 6.45) is 0. The highest BCUT2D eigenvalue weighted by atomic mass is 79.9. The number of nitrogens with zero attached hydrogens (tertiary/aromatic N) is 1. The third kappa shape index (κ3) is 3.36. The second-order valence-electron chi connectivity index (χ2n) is 3.48. The second-order valence-corrected chi connectivity index (χ2v) is 4.27. The molecule has 0 aromatic heterocycles. The monoisotopic (exact) mass is 301 g/mol. The van der Waals surface area contributed by atoms with Gasteiger partial charge in [0.05, 0.1) is 19.8 Å². The molecule has 1 aromatic rings. The lowest BCUT2D eigenvalue weighted by atomic mass is 10.1. The van der Waals surface area contributed by atoms with E-state index in [1.165, 1.54) is 0 Å². The number of ether oxygens (including phenoxy) is 2. The molecule has 0 spiro atoms. The Kier molecular flexibility index (Phi) is 5.28. The Morgan fingerprint density at radius 3 is 2.59 bits per heavy atom. The fourth-order valence-electron chi connectivity index (χ4n) is 1.42. The summed E-state index contributed by atoms with van der Waals surface area (Å²) < 4.78 is 10.3. The maximum atomic E-state index is 12.2. The molecule has 0 bridgehead atoms. The molecule has 17 heavy (non-hydrogen) atoms. The molecule has 5 heteroatoms. The average Bonchev–Trinajstić information content (AvgIpc) is 2.37. The van der Waals surface area contributed by atoms with Crippen molar-refractivity contribution in [3.05, 3.63) is 23.8 Å². The molecule has 1 rings (SSSR count). The summed E-state index contributed by atoms with van der Waals surface area (Å²) in [4.78, 5) is 13.8. The molecule has 0 saturated carbocycles. The number of hydrogen-bond acceptors (Lipinski definition) is 3. The van der Waals surface area contributed by atoms with Crippen molar-refractivity contribution >= 4 is 21.8 Å².